The number of fused-ring (bicyclic) bond motifs is 1. The quantitative estimate of drug-likeness (QED) is 0.357. The van der Waals surface area contributed by atoms with Crippen LogP contribution in [0.5, 0.6) is 0 Å². The average molecular weight is 554 g/mol. The van der Waals surface area contributed by atoms with Crippen LogP contribution in [0.2, 0.25) is 0 Å². The molecule has 0 unspecified atom stereocenters. The van der Waals surface area contributed by atoms with Crippen LogP contribution in [0, 0.1) is 6.92 Å². The first-order valence-corrected chi connectivity index (χ1v) is 8.92. The van der Waals surface area contributed by atoms with Crippen LogP contribution in [-0.2, 0) is 5.92 Å². The zero-order valence-electron chi connectivity index (χ0n) is 16.9. The number of hydrogen-bond donors (Lipinski definition) is 1. The number of carboxylic acids is 1. The van der Waals surface area contributed by atoms with Crippen molar-refractivity contribution in [3.05, 3.63) is 47.0 Å². The lowest BCUT2D eigenvalue weighted by Crippen LogP contribution is -2.72. The Morgan fingerprint density at radius 1 is 0.667 bits per heavy atom. The van der Waals surface area contributed by atoms with E-state index in [1.54, 1.807) is 0 Å². The summed E-state index contributed by atoms with van der Waals surface area (Å²) in [6.45, 7) is 0.331. The molecule has 0 radical (unpaired) electrons. The number of aromatic carboxylic acids is 1. The molecule has 0 fully saturated rings. The predicted molar refractivity (Wildman–Crippen MR) is 90.3 cm³/mol. The minimum absolute atomic E-state index is 0.0816. The van der Waals surface area contributed by atoms with Crippen molar-refractivity contribution in [1.82, 2.24) is 0 Å². The molecule has 0 atom stereocenters. The minimum Gasteiger partial charge on any atom is -0.478 e. The molecule has 0 aliphatic heterocycles. The van der Waals surface area contributed by atoms with Crippen LogP contribution in [0.4, 0.5) is 65.9 Å². The number of halogens is 15. The molecule has 0 amide bonds. The molecule has 0 heterocycles. The van der Waals surface area contributed by atoms with E-state index >= 15 is 0 Å². The van der Waals surface area contributed by atoms with Crippen LogP contribution in [0.15, 0.2) is 30.3 Å². The van der Waals surface area contributed by atoms with Gasteiger partial charge in [0.25, 0.3) is 0 Å². The maximum Gasteiger partial charge on any atom is 0.460 e. The van der Waals surface area contributed by atoms with Crippen LogP contribution in [-0.4, -0.2) is 46.9 Å². The smallest absolute Gasteiger partial charge is 0.460 e. The summed E-state index contributed by atoms with van der Waals surface area (Å²) in [5.41, 5.74) is -5.11. The lowest BCUT2D eigenvalue weighted by Gasteiger charge is -2.41. The molecule has 17 heteroatoms. The van der Waals surface area contributed by atoms with E-state index in [9.17, 15) is 75.8 Å². The summed E-state index contributed by atoms with van der Waals surface area (Å²) in [4.78, 5) is 11.5. The molecule has 0 saturated heterocycles. The summed E-state index contributed by atoms with van der Waals surface area (Å²) in [6, 6.07) is 3.77. The number of benzene rings is 2. The average Bonchev–Trinajstić information content (AvgIpc) is 2.71. The second-order valence-corrected chi connectivity index (χ2v) is 7.39. The molecule has 36 heavy (non-hydrogen) atoms. The Kier molecular flexibility index (Phi) is 6.57. The van der Waals surface area contributed by atoms with Crippen molar-refractivity contribution in [3.8, 4) is 0 Å². The molecular formula is C19H9F15O2. The number of carboxylic acid groups (broad SMARTS) is 1. The summed E-state index contributed by atoms with van der Waals surface area (Å²) in [5.74, 6) is -49.7. The summed E-state index contributed by atoms with van der Waals surface area (Å²) in [6.07, 6.45) is -7.70. The number of hydrogen-bond acceptors (Lipinski definition) is 1. The molecule has 0 aliphatic rings. The molecule has 0 aliphatic carbocycles. The molecule has 2 aromatic rings. The van der Waals surface area contributed by atoms with Crippen LogP contribution in [0.25, 0.3) is 10.8 Å². The van der Waals surface area contributed by atoms with Crippen molar-refractivity contribution in [3.63, 3.8) is 0 Å². The fourth-order valence-electron chi connectivity index (χ4n) is 3.19. The van der Waals surface area contributed by atoms with Crippen molar-refractivity contribution >= 4 is 16.7 Å². The van der Waals surface area contributed by atoms with E-state index in [0.717, 1.165) is 24.3 Å². The van der Waals surface area contributed by atoms with Gasteiger partial charge in [-0.1, -0.05) is 24.3 Å². The highest BCUT2D eigenvalue weighted by Gasteiger charge is 2.93. The molecule has 0 spiro atoms. The van der Waals surface area contributed by atoms with Gasteiger partial charge in [-0.05, 0) is 29.3 Å². The topological polar surface area (TPSA) is 37.3 Å². The normalized spacial score (nSPS) is 14.9. The summed E-state index contributed by atoms with van der Waals surface area (Å²) in [7, 11) is 0. The third kappa shape index (κ3) is 3.64. The number of rotatable bonds is 7. The van der Waals surface area contributed by atoms with Gasteiger partial charge in [-0.25, -0.2) is 4.79 Å². The molecule has 0 bridgehead atoms. The van der Waals surface area contributed by atoms with Gasteiger partial charge in [0, 0.05) is 5.56 Å². The Labute approximate surface area is 189 Å². The number of carbonyl (C=O) groups is 1. The van der Waals surface area contributed by atoms with Crippen molar-refractivity contribution < 1.29 is 75.8 Å². The maximum absolute atomic E-state index is 14.7. The van der Waals surface area contributed by atoms with Gasteiger partial charge in [0.2, 0.25) is 0 Å². The zero-order valence-corrected chi connectivity index (χ0v) is 16.9. The fraction of sp³-hybridized carbons (Fsp3) is 0.421. The van der Waals surface area contributed by atoms with Gasteiger partial charge < -0.3 is 5.11 Å². The van der Waals surface area contributed by atoms with Crippen LogP contribution >= 0.6 is 0 Å². The first-order valence-electron chi connectivity index (χ1n) is 8.92. The molecule has 2 rings (SSSR count). The molecule has 2 nitrogen and oxygen atoms in total. The first kappa shape index (κ1) is 29.4. The van der Waals surface area contributed by atoms with Crippen LogP contribution < -0.4 is 0 Å². The van der Waals surface area contributed by atoms with E-state index < -0.39 is 75.1 Å². The summed E-state index contributed by atoms with van der Waals surface area (Å²) < 4.78 is 203. The highest BCUT2D eigenvalue weighted by Crippen LogP contribution is 2.64. The summed E-state index contributed by atoms with van der Waals surface area (Å²) >= 11 is 0. The minimum atomic E-state index is -8.42. The third-order valence-electron chi connectivity index (χ3n) is 5.19. The Morgan fingerprint density at radius 3 is 1.53 bits per heavy atom. The Morgan fingerprint density at radius 2 is 1.08 bits per heavy atom. The second-order valence-electron chi connectivity index (χ2n) is 7.39. The fourth-order valence-corrected chi connectivity index (χ4v) is 3.19. The van der Waals surface area contributed by atoms with E-state index in [1.165, 1.54) is 0 Å². The Hall–Kier alpha value is -2.88. The van der Waals surface area contributed by atoms with Gasteiger partial charge in [-0.3, -0.25) is 0 Å². The molecule has 0 saturated carbocycles. The predicted octanol–water partition coefficient (Wildman–Crippen LogP) is 7.68. The van der Waals surface area contributed by atoms with Crippen molar-refractivity contribution in [2.24, 2.45) is 0 Å². The van der Waals surface area contributed by atoms with E-state index in [1.807, 2.05) is 0 Å². The number of alkyl halides is 15. The van der Waals surface area contributed by atoms with Crippen molar-refractivity contribution in [1.29, 1.82) is 0 Å². The molecular weight excluding hydrogens is 545 g/mol. The Bertz CT molecular complexity index is 1180. The third-order valence-corrected chi connectivity index (χ3v) is 5.19. The van der Waals surface area contributed by atoms with Gasteiger partial charge in [0.15, 0.2) is 0 Å². The lowest BCUT2D eigenvalue weighted by molar-refractivity contribution is -0.453. The standard InChI is InChI=1S/C19H9F15O2/c1-7-10(6-8-4-2-3-5-9(8)11(7)12(35)36)13(20,21)14(22,23)15(24,25)16(26,27)17(28,29)18(30,31)19(32,33)34/h2-6H,1H3,(H,35,36). The van der Waals surface area contributed by atoms with Gasteiger partial charge in [-0.2, -0.15) is 65.9 Å². The molecule has 2 aromatic carbocycles. The van der Waals surface area contributed by atoms with Gasteiger partial charge in [-0.15, -0.1) is 0 Å². The highest BCUT2D eigenvalue weighted by molar-refractivity contribution is 6.05. The largest absolute Gasteiger partial charge is 0.478 e. The van der Waals surface area contributed by atoms with Gasteiger partial charge in [0.05, 0.1) is 5.56 Å². The molecule has 1 N–H and O–H groups in total. The second kappa shape index (κ2) is 8.06. The SMILES string of the molecule is Cc1c(C(F)(F)C(F)(F)C(F)(F)C(F)(F)C(F)(F)C(F)(F)C(F)(F)F)cc2ccccc2c1C(=O)O. The molecule has 0 aromatic heterocycles. The maximum atomic E-state index is 14.7. The van der Waals surface area contributed by atoms with E-state index in [0.29, 0.717) is 6.92 Å². The van der Waals surface area contributed by atoms with Gasteiger partial charge >= 0.3 is 47.7 Å². The van der Waals surface area contributed by atoms with E-state index in [4.69, 9.17) is 0 Å². The van der Waals surface area contributed by atoms with Crippen molar-refractivity contribution in [2.75, 3.05) is 0 Å². The Balaban J connectivity index is 2.84. The first-order chi connectivity index (χ1) is 15.8. The summed E-state index contributed by atoms with van der Waals surface area (Å²) in [5, 5.41) is 8.11. The van der Waals surface area contributed by atoms with E-state index in [-0.39, 0.29) is 6.07 Å². The van der Waals surface area contributed by atoms with E-state index in [2.05, 4.69) is 0 Å². The monoisotopic (exact) mass is 554 g/mol. The zero-order chi connectivity index (χ0) is 28.5. The van der Waals surface area contributed by atoms with Gasteiger partial charge in [0.1, 0.15) is 0 Å². The van der Waals surface area contributed by atoms with Crippen LogP contribution in [0.1, 0.15) is 21.5 Å². The van der Waals surface area contributed by atoms with Crippen LogP contribution in [0.3, 0.4) is 0 Å². The molecule has 202 valence electrons. The lowest BCUT2D eigenvalue weighted by atomic mass is 9.85. The van der Waals surface area contributed by atoms with Crippen molar-refractivity contribution in [2.45, 2.75) is 48.6 Å². The highest BCUT2D eigenvalue weighted by atomic mass is 19.4.